The third kappa shape index (κ3) is 3.77. The van der Waals surface area contributed by atoms with Crippen LogP contribution in [0.4, 0.5) is 0 Å². The van der Waals surface area contributed by atoms with Gasteiger partial charge in [0.05, 0.1) is 35.5 Å². The number of ether oxygens (including phenoxy) is 6. The third-order valence-electron chi connectivity index (χ3n) is 3.73. The maximum atomic E-state index is 11.7. The number of ketones is 1. The summed E-state index contributed by atoms with van der Waals surface area (Å²) in [7, 11) is 7.53. The van der Waals surface area contributed by atoms with E-state index < -0.39 is 0 Å². The Labute approximate surface area is 152 Å². The fraction of sp³-hybridized carbons (Fsp3) is 0.316. The average molecular weight is 362 g/mol. The van der Waals surface area contributed by atoms with E-state index >= 15 is 0 Å². The summed E-state index contributed by atoms with van der Waals surface area (Å²) < 4.78 is 32.7. The maximum absolute atomic E-state index is 11.7. The molecular weight excluding hydrogens is 340 g/mol. The molecule has 0 unspecified atom stereocenters. The van der Waals surface area contributed by atoms with Gasteiger partial charge >= 0.3 is 0 Å². The third-order valence-corrected chi connectivity index (χ3v) is 3.73. The van der Waals surface area contributed by atoms with Crippen LogP contribution in [0.25, 0.3) is 0 Å². The smallest absolute Gasteiger partial charge is 0.211 e. The van der Waals surface area contributed by atoms with Crippen LogP contribution in [-0.2, 0) is 0 Å². The number of hydrogen-bond acceptors (Lipinski definition) is 7. The molecule has 140 valence electrons. The molecule has 2 aromatic rings. The first-order valence-electron chi connectivity index (χ1n) is 7.73. The average Bonchev–Trinajstić information content (AvgIpc) is 2.66. The van der Waals surface area contributed by atoms with Crippen LogP contribution in [0.5, 0.6) is 40.2 Å². The Bertz CT molecular complexity index is 748. The minimum atomic E-state index is -0.110. The predicted molar refractivity (Wildman–Crippen MR) is 95.7 cm³/mol. The summed E-state index contributed by atoms with van der Waals surface area (Å²) in [6, 6.07) is 6.49. The van der Waals surface area contributed by atoms with Crippen molar-refractivity contribution in [2.24, 2.45) is 0 Å². The second kappa shape index (κ2) is 8.33. The van der Waals surface area contributed by atoms with Crippen molar-refractivity contribution in [1.29, 1.82) is 0 Å². The predicted octanol–water partition coefficient (Wildman–Crippen LogP) is 3.72. The van der Waals surface area contributed by atoms with Crippen LogP contribution in [0.1, 0.15) is 17.3 Å². The van der Waals surface area contributed by atoms with Crippen LogP contribution in [0, 0.1) is 0 Å². The lowest BCUT2D eigenvalue weighted by Crippen LogP contribution is -2.00. The largest absolute Gasteiger partial charge is 0.493 e. The van der Waals surface area contributed by atoms with Crippen LogP contribution in [-0.4, -0.2) is 41.3 Å². The molecule has 0 saturated carbocycles. The number of hydrogen-bond donors (Lipinski definition) is 0. The highest BCUT2D eigenvalue weighted by Crippen LogP contribution is 2.46. The van der Waals surface area contributed by atoms with Gasteiger partial charge in [-0.05, 0) is 19.1 Å². The first kappa shape index (κ1) is 19.2. The number of methoxy groups -OCH3 is 5. The van der Waals surface area contributed by atoms with E-state index in [1.165, 1.54) is 42.5 Å². The lowest BCUT2D eigenvalue weighted by molar-refractivity contribution is 0.101. The molecule has 0 aliphatic heterocycles. The Balaban J connectivity index is 2.55. The molecule has 0 atom stereocenters. The van der Waals surface area contributed by atoms with Gasteiger partial charge < -0.3 is 28.4 Å². The van der Waals surface area contributed by atoms with Gasteiger partial charge in [0.2, 0.25) is 11.5 Å². The molecule has 0 aliphatic rings. The second-order valence-electron chi connectivity index (χ2n) is 5.23. The summed E-state index contributed by atoms with van der Waals surface area (Å²) in [5.74, 6) is 2.71. The van der Waals surface area contributed by atoms with E-state index in [4.69, 9.17) is 28.4 Å². The number of carbonyl (C=O) groups is 1. The molecule has 2 aromatic carbocycles. The van der Waals surface area contributed by atoms with Crippen molar-refractivity contribution in [2.75, 3.05) is 35.5 Å². The fourth-order valence-electron chi connectivity index (χ4n) is 2.42. The van der Waals surface area contributed by atoms with Gasteiger partial charge in [-0.3, -0.25) is 4.79 Å². The van der Waals surface area contributed by atoms with Crippen molar-refractivity contribution in [3.8, 4) is 40.2 Å². The molecule has 0 aromatic heterocycles. The highest BCUT2D eigenvalue weighted by molar-refractivity contribution is 5.95. The van der Waals surface area contributed by atoms with Crippen LogP contribution in [0.2, 0.25) is 0 Å². The van der Waals surface area contributed by atoms with Gasteiger partial charge in [-0.2, -0.15) is 0 Å². The quantitative estimate of drug-likeness (QED) is 0.663. The lowest BCUT2D eigenvalue weighted by atomic mass is 10.1. The van der Waals surface area contributed by atoms with E-state index in [2.05, 4.69) is 0 Å². The molecule has 0 saturated heterocycles. The van der Waals surface area contributed by atoms with Crippen LogP contribution >= 0.6 is 0 Å². The number of benzene rings is 2. The molecule has 0 N–H and O–H groups in total. The molecule has 0 fully saturated rings. The van der Waals surface area contributed by atoms with Crippen LogP contribution in [0.3, 0.4) is 0 Å². The number of carbonyl (C=O) groups excluding carboxylic acids is 1. The van der Waals surface area contributed by atoms with Gasteiger partial charge in [-0.15, -0.1) is 0 Å². The van der Waals surface area contributed by atoms with Crippen molar-refractivity contribution in [3.63, 3.8) is 0 Å². The molecule has 0 bridgehead atoms. The molecule has 0 amide bonds. The molecule has 0 radical (unpaired) electrons. The first-order chi connectivity index (χ1) is 12.5. The highest BCUT2D eigenvalue weighted by Gasteiger charge is 2.19. The minimum Gasteiger partial charge on any atom is -0.493 e. The highest BCUT2D eigenvalue weighted by atomic mass is 16.5. The zero-order chi connectivity index (χ0) is 19.3. The molecular formula is C19H22O7. The Morgan fingerprint density at radius 3 is 1.42 bits per heavy atom. The number of rotatable bonds is 8. The molecule has 0 heterocycles. The second-order valence-corrected chi connectivity index (χ2v) is 5.23. The molecule has 7 heteroatoms. The van der Waals surface area contributed by atoms with Gasteiger partial charge in [-0.25, -0.2) is 0 Å². The van der Waals surface area contributed by atoms with Crippen molar-refractivity contribution >= 4 is 5.78 Å². The molecule has 0 spiro atoms. The first-order valence-corrected chi connectivity index (χ1v) is 7.73. The summed E-state index contributed by atoms with van der Waals surface area (Å²) in [5.41, 5.74) is 0.455. The van der Waals surface area contributed by atoms with E-state index in [-0.39, 0.29) is 5.78 Å². The number of Topliss-reactive ketones (excluding diaryl/α,β-unsaturated/α-hetero) is 1. The summed E-state index contributed by atoms with van der Waals surface area (Å²) >= 11 is 0. The summed E-state index contributed by atoms with van der Waals surface area (Å²) in [6.07, 6.45) is 0. The van der Waals surface area contributed by atoms with Gasteiger partial charge in [0.15, 0.2) is 28.8 Å². The van der Waals surface area contributed by atoms with Crippen molar-refractivity contribution in [2.45, 2.75) is 6.92 Å². The van der Waals surface area contributed by atoms with E-state index in [1.54, 1.807) is 24.3 Å². The Morgan fingerprint density at radius 2 is 1.08 bits per heavy atom. The zero-order valence-electron chi connectivity index (χ0n) is 15.7. The molecule has 26 heavy (non-hydrogen) atoms. The van der Waals surface area contributed by atoms with Gasteiger partial charge in [0.25, 0.3) is 0 Å². The molecule has 0 aliphatic carbocycles. The topological polar surface area (TPSA) is 72.5 Å². The fourth-order valence-corrected chi connectivity index (χ4v) is 2.42. The Hall–Kier alpha value is -3.09. The van der Waals surface area contributed by atoms with E-state index in [1.807, 2.05) is 0 Å². The Morgan fingerprint density at radius 1 is 0.654 bits per heavy atom. The van der Waals surface area contributed by atoms with Gasteiger partial charge in [0, 0.05) is 17.7 Å². The van der Waals surface area contributed by atoms with Crippen molar-refractivity contribution in [3.05, 3.63) is 29.8 Å². The van der Waals surface area contributed by atoms with Crippen LogP contribution in [0.15, 0.2) is 24.3 Å². The minimum absolute atomic E-state index is 0.110. The normalized spacial score (nSPS) is 10.1. The standard InChI is InChI=1S/C19H22O7/c1-11(20)12-7-14(21-2)19(15(8-12)22-3)26-13-9-16(23-4)18(25-6)17(10-13)24-5/h7-10H,1-6H3. The Kier molecular flexibility index (Phi) is 6.16. The monoisotopic (exact) mass is 362 g/mol. The maximum Gasteiger partial charge on any atom is 0.211 e. The van der Waals surface area contributed by atoms with Crippen molar-refractivity contribution in [1.82, 2.24) is 0 Å². The van der Waals surface area contributed by atoms with Gasteiger partial charge in [-0.1, -0.05) is 0 Å². The van der Waals surface area contributed by atoms with Gasteiger partial charge in [0.1, 0.15) is 5.75 Å². The summed E-state index contributed by atoms with van der Waals surface area (Å²) in [4.78, 5) is 11.7. The van der Waals surface area contributed by atoms with Crippen molar-refractivity contribution < 1.29 is 33.2 Å². The van der Waals surface area contributed by atoms with E-state index in [0.717, 1.165) is 0 Å². The van der Waals surface area contributed by atoms with E-state index in [9.17, 15) is 4.79 Å². The summed E-state index contributed by atoms with van der Waals surface area (Å²) in [6.45, 7) is 1.47. The SMILES string of the molecule is COc1cc(Oc2c(OC)cc(C(C)=O)cc2OC)cc(OC)c1OC. The summed E-state index contributed by atoms with van der Waals surface area (Å²) in [5, 5.41) is 0. The lowest BCUT2D eigenvalue weighted by Gasteiger charge is -2.17. The van der Waals surface area contributed by atoms with E-state index in [0.29, 0.717) is 45.8 Å². The zero-order valence-corrected chi connectivity index (χ0v) is 15.7. The molecule has 7 nitrogen and oxygen atoms in total. The molecule has 2 rings (SSSR count). The van der Waals surface area contributed by atoms with Crippen LogP contribution < -0.4 is 28.4 Å².